The number of carbonyl (C=O) groups is 1. The van der Waals surface area contributed by atoms with Crippen molar-refractivity contribution in [1.82, 2.24) is 4.98 Å². The molecule has 28 heavy (non-hydrogen) atoms. The molecular weight excluding hydrogens is 386 g/mol. The number of para-hydroxylation sites is 2. The number of nitrogens with zero attached hydrogens (tertiary/aromatic N) is 1. The monoisotopic (exact) mass is 405 g/mol. The molecule has 0 unspecified atom stereocenters. The number of hydrogen-bond donors (Lipinski definition) is 2. The maximum Gasteiger partial charge on any atom is 0.324 e. The van der Waals surface area contributed by atoms with Gasteiger partial charge in [-0.15, -0.1) is 22.7 Å². The minimum Gasteiger partial charge on any atom is -0.308 e. The lowest BCUT2D eigenvalue weighted by molar-refractivity contribution is 0.262. The number of urea groups is 1. The van der Waals surface area contributed by atoms with Crippen molar-refractivity contribution in [2.75, 3.05) is 10.6 Å². The van der Waals surface area contributed by atoms with Gasteiger partial charge in [0.15, 0.2) is 0 Å². The summed E-state index contributed by atoms with van der Waals surface area (Å²) in [6, 6.07) is 17.5. The van der Waals surface area contributed by atoms with Crippen molar-refractivity contribution in [3.63, 3.8) is 0 Å². The number of nitrogens with one attached hydrogen (secondary N) is 2. The van der Waals surface area contributed by atoms with Gasteiger partial charge in [0.25, 0.3) is 0 Å². The van der Waals surface area contributed by atoms with E-state index in [2.05, 4.69) is 16.7 Å². The first-order valence-electron chi connectivity index (χ1n) is 9.41. The third kappa shape index (κ3) is 3.30. The fraction of sp³-hybridized carbons (Fsp3) is 0.182. The van der Waals surface area contributed by atoms with Gasteiger partial charge in [0.05, 0.1) is 10.2 Å². The Bertz CT molecular complexity index is 1110. The summed E-state index contributed by atoms with van der Waals surface area (Å²) in [5, 5.41) is 7.91. The van der Waals surface area contributed by atoms with Gasteiger partial charge in [-0.3, -0.25) is 5.32 Å². The van der Waals surface area contributed by atoms with Gasteiger partial charge in [-0.25, -0.2) is 9.78 Å². The number of hydrogen-bond acceptors (Lipinski definition) is 4. The Morgan fingerprint density at radius 1 is 0.893 bits per heavy atom. The third-order valence-corrected chi connectivity index (χ3v) is 7.20. The number of carbonyl (C=O) groups excluding carboxylic acids is 1. The molecule has 0 radical (unpaired) electrons. The van der Waals surface area contributed by atoms with Crippen molar-refractivity contribution in [3.05, 3.63) is 65.0 Å². The molecule has 2 aromatic carbocycles. The largest absolute Gasteiger partial charge is 0.324 e. The summed E-state index contributed by atoms with van der Waals surface area (Å²) in [5.74, 6) is 0. The number of rotatable bonds is 3. The average Bonchev–Trinajstić information content (AvgIpc) is 3.28. The second kappa shape index (κ2) is 7.37. The smallest absolute Gasteiger partial charge is 0.308 e. The van der Waals surface area contributed by atoms with E-state index in [0.29, 0.717) is 0 Å². The van der Waals surface area contributed by atoms with E-state index in [4.69, 9.17) is 4.98 Å². The van der Waals surface area contributed by atoms with E-state index >= 15 is 0 Å². The van der Waals surface area contributed by atoms with Crippen LogP contribution in [0.5, 0.6) is 0 Å². The third-order valence-electron chi connectivity index (χ3n) is 4.94. The Morgan fingerprint density at radius 2 is 1.68 bits per heavy atom. The van der Waals surface area contributed by atoms with Crippen LogP contribution in [-0.4, -0.2) is 11.0 Å². The second-order valence-corrected chi connectivity index (χ2v) is 8.98. The predicted octanol–water partition coefficient (Wildman–Crippen LogP) is 6.55. The van der Waals surface area contributed by atoms with E-state index in [1.54, 1.807) is 22.7 Å². The zero-order chi connectivity index (χ0) is 18.9. The van der Waals surface area contributed by atoms with Crippen LogP contribution in [0.4, 0.5) is 15.5 Å². The first-order chi connectivity index (χ1) is 13.8. The van der Waals surface area contributed by atoms with Crippen molar-refractivity contribution >= 4 is 49.6 Å². The van der Waals surface area contributed by atoms with Gasteiger partial charge in [-0.1, -0.05) is 30.3 Å². The molecule has 0 bridgehead atoms. The summed E-state index contributed by atoms with van der Waals surface area (Å²) in [6.45, 7) is 0. The molecule has 0 saturated heterocycles. The lowest BCUT2D eigenvalue weighted by Gasteiger charge is -2.12. The first-order valence-corrected chi connectivity index (χ1v) is 11.0. The molecule has 5 rings (SSSR count). The Labute approximate surface area is 171 Å². The molecule has 1 aliphatic carbocycles. The highest BCUT2D eigenvalue weighted by atomic mass is 32.1. The van der Waals surface area contributed by atoms with Gasteiger partial charge in [-0.05, 0) is 55.5 Å². The lowest BCUT2D eigenvalue weighted by atomic mass is 9.96. The van der Waals surface area contributed by atoms with E-state index in [1.807, 2.05) is 48.5 Å². The van der Waals surface area contributed by atoms with Crippen LogP contribution in [0.15, 0.2) is 54.6 Å². The molecular formula is C22H19N3OS2. The quantitative estimate of drug-likeness (QED) is 0.406. The molecule has 4 nitrogen and oxygen atoms in total. The molecule has 2 amide bonds. The minimum atomic E-state index is -0.216. The van der Waals surface area contributed by atoms with Crippen LogP contribution in [0.1, 0.15) is 23.3 Å². The number of benzene rings is 2. The fourth-order valence-electron chi connectivity index (χ4n) is 3.65. The zero-order valence-corrected chi connectivity index (χ0v) is 16.8. The van der Waals surface area contributed by atoms with Crippen molar-refractivity contribution < 1.29 is 4.79 Å². The highest BCUT2D eigenvalue weighted by Crippen LogP contribution is 2.46. The second-order valence-electron chi connectivity index (χ2n) is 6.85. The Kier molecular flexibility index (Phi) is 4.58. The molecule has 4 aromatic rings. The molecule has 6 heteroatoms. The van der Waals surface area contributed by atoms with Crippen molar-refractivity contribution in [2.45, 2.75) is 25.7 Å². The number of anilines is 2. The van der Waals surface area contributed by atoms with Crippen LogP contribution in [0, 0.1) is 0 Å². The maximum absolute atomic E-state index is 12.6. The Balaban J connectivity index is 1.52. The molecule has 0 spiro atoms. The van der Waals surface area contributed by atoms with E-state index in [9.17, 15) is 4.79 Å². The van der Waals surface area contributed by atoms with Crippen LogP contribution in [0.25, 0.3) is 20.8 Å². The Morgan fingerprint density at radius 3 is 2.54 bits per heavy atom. The number of fused-ring (bicyclic) bond motifs is 2. The number of thiophene rings is 1. The maximum atomic E-state index is 12.6. The lowest BCUT2D eigenvalue weighted by Crippen LogP contribution is -2.19. The highest BCUT2D eigenvalue weighted by Gasteiger charge is 2.25. The highest BCUT2D eigenvalue weighted by molar-refractivity contribution is 7.22. The molecule has 0 aliphatic heterocycles. The molecule has 0 fully saturated rings. The molecule has 1 aliphatic rings. The average molecular weight is 406 g/mol. The predicted molar refractivity (Wildman–Crippen MR) is 119 cm³/mol. The molecule has 0 saturated carbocycles. The van der Waals surface area contributed by atoms with Gasteiger partial charge in [0, 0.05) is 16.1 Å². The van der Waals surface area contributed by atoms with Crippen LogP contribution < -0.4 is 10.6 Å². The van der Waals surface area contributed by atoms with E-state index in [0.717, 1.165) is 39.6 Å². The summed E-state index contributed by atoms with van der Waals surface area (Å²) < 4.78 is 1.17. The molecule has 2 aromatic heterocycles. The van der Waals surface area contributed by atoms with Gasteiger partial charge >= 0.3 is 6.03 Å². The summed E-state index contributed by atoms with van der Waals surface area (Å²) in [4.78, 5) is 18.9. The van der Waals surface area contributed by atoms with Crippen LogP contribution in [-0.2, 0) is 12.8 Å². The SMILES string of the molecule is O=C(Nc1ccccc1)Nc1sc2c(c1-c1nc3ccccc3s1)CCCC2. The molecule has 0 atom stereocenters. The first kappa shape index (κ1) is 17.4. The van der Waals surface area contributed by atoms with Gasteiger partial charge in [-0.2, -0.15) is 0 Å². The zero-order valence-electron chi connectivity index (χ0n) is 15.2. The van der Waals surface area contributed by atoms with E-state index in [1.165, 1.54) is 28.0 Å². The minimum absolute atomic E-state index is 0.216. The molecule has 140 valence electrons. The van der Waals surface area contributed by atoms with Crippen LogP contribution >= 0.6 is 22.7 Å². The normalized spacial score (nSPS) is 13.3. The fourth-order valence-corrected chi connectivity index (χ4v) is 6.04. The number of aryl methyl sites for hydroxylation is 1. The number of amides is 2. The summed E-state index contributed by atoms with van der Waals surface area (Å²) in [5.41, 5.74) is 4.27. The number of aromatic nitrogens is 1. The van der Waals surface area contributed by atoms with Gasteiger partial charge in [0.2, 0.25) is 0 Å². The van der Waals surface area contributed by atoms with Crippen LogP contribution in [0.3, 0.4) is 0 Å². The van der Waals surface area contributed by atoms with Crippen molar-refractivity contribution in [2.24, 2.45) is 0 Å². The summed E-state index contributed by atoms with van der Waals surface area (Å²) >= 11 is 3.40. The molecule has 2 N–H and O–H groups in total. The van der Waals surface area contributed by atoms with Crippen molar-refractivity contribution in [3.8, 4) is 10.6 Å². The van der Waals surface area contributed by atoms with E-state index in [-0.39, 0.29) is 6.03 Å². The van der Waals surface area contributed by atoms with Crippen LogP contribution in [0.2, 0.25) is 0 Å². The number of thiazole rings is 1. The van der Waals surface area contributed by atoms with E-state index < -0.39 is 0 Å². The van der Waals surface area contributed by atoms with Crippen molar-refractivity contribution in [1.29, 1.82) is 0 Å². The summed E-state index contributed by atoms with van der Waals surface area (Å²) in [7, 11) is 0. The molecule has 2 heterocycles. The topological polar surface area (TPSA) is 54.0 Å². The van der Waals surface area contributed by atoms with Gasteiger partial charge < -0.3 is 5.32 Å². The Hall–Kier alpha value is -2.70. The standard InChI is InChI=1S/C22H19N3OS2/c26-22(23-14-8-2-1-3-9-14)25-21-19(15-10-4-6-12-17(15)27-21)20-24-16-11-5-7-13-18(16)28-20/h1-3,5,7-9,11,13H,4,6,10,12H2,(H2,23,25,26). The van der Waals surface area contributed by atoms with Gasteiger partial charge in [0.1, 0.15) is 10.0 Å². The summed E-state index contributed by atoms with van der Waals surface area (Å²) in [6.07, 6.45) is 4.54.